The third kappa shape index (κ3) is 6.47. The summed E-state index contributed by atoms with van der Waals surface area (Å²) >= 11 is 0. The zero-order valence-electron chi connectivity index (χ0n) is 21.5. The Morgan fingerprint density at radius 2 is 1.89 bits per heavy atom. The molecule has 188 valence electrons. The maximum atomic E-state index is 9.88. The summed E-state index contributed by atoms with van der Waals surface area (Å²) in [7, 11) is 1.74. The number of aryl methyl sites for hydroxylation is 1. The summed E-state index contributed by atoms with van der Waals surface area (Å²) in [5, 5.41) is 9.88. The van der Waals surface area contributed by atoms with Crippen molar-refractivity contribution in [3.8, 4) is 11.5 Å². The lowest BCUT2D eigenvalue weighted by Gasteiger charge is -2.41. The van der Waals surface area contributed by atoms with E-state index < -0.39 is 0 Å². The van der Waals surface area contributed by atoms with E-state index in [1.165, 1.54) is 16.7 Å². The lowest BCUT2D eigenvalue weighted by atomic mass is 9.72. The third-order valence-corrected chi connectivity index (χ3v) is 7.20. The maximum Gasteiger partial charge on any atom is 0.119 e. The molecule has 3 atom stereocenters. The molecule has 2 aromatic carbocycles. The van der Waals surface area contributed by atoms with Crippen LogP contribution in [0.4, 0.5) is 0 Å². The van der Waals surface area contributed by atoms with Gasteiger partial charge in [-0.3, -0.25) is 4.90 Å². The normalized spacial score (nSPS) is 22.0. The van der Waals surface area contributed by atoms with Gasteiger partial charge < -0.3 is 20.3 Å². The van der Waals surface area contributed by atoms with Crippen molar-refractivity contribution in [2.45, 2.75) is 58.2 Å². The standard InChI is InChI=1S/C30H40N2O3/c1-5-32(19-21-6-12-26(13-7-21)35-20-30(2,3)31)29-18-27(34-4)14-15-28(29)24-9-8-23-17-25(33)11-10-22(23)16-24/h6-7,10-15,17-18,24,28-29,33H,5,8-9,16,19-20,31H2,1-4H3/t24-,28?,29?/m1/s1. The number of rotatable bonds is 9. The molecule has 0 amide bonds. The minimum Gasteiger partial charge on any atom is -0.508 e. The number of aromatic hydroxyl groups is 1. The highest BCUT2D eigenvalue weighted by atomic mass is 16.5. The zero-order valence-corrected chi connectivity index (χ0v) is 21.5. The van der Waals surface area contributed by atoms with E-state index in [9.17, 15) is 5.11 Å². The smallest absolute Gasteiger partial charge is 0.119 e. The summed E-state index contributed by atoms with van der Waals surface area (Å²) < 4.78 is 11.5. The van der Waals surface area contributed by atoms with E-state index in [0.717, 1.165) is 43.9 Å². The monoisotopic (exact) mass is 476 g/mol. The van der Waals surface area contributed by atoms with Gasteiger partial charge in [0.05, 0.1) is 7.11 Å². The first kappa shape index (κ1) is 25.3. The van der Waals surface area contributed by atoms with Crippen molar-refractivity contribution in [2.75, 3.05) is 20.3 Å². The highest BCUT2D eigenvalue weighted by Gasteiger charge is 2.34. The minimum absolute atomic E-state index is 0.262. The molecule has 0 bridgehead atoms. The van der Waals surface area contributed by atoms with Crippen LogP contribution in [-0.4, -0.2) is 41.8 Å². The van der Waals surface area contributed by atoms with Crippen LogP contribution in [0.2, 0.25) is 0 Å². The van der Waals surface area contributed by atoms with Gasteiger partial charge in [0.2, 0.25) is 0 Å². The Bertz CT molecular complexity index is 1050. The molecule has 0 saturated carbocycles. The molecular formula is C30H40N2O3. The predicted molar refractivity (Wildman–Crippen MR) is 141 cm³/mol. The molecule has 35 heavy (non-hydrogen) atoms. The highest BCUT2D eigenvalue weighted by molar-refractivity contribution is 5.37. The van der Waals surface area contributed by atoms with E-state index in [1.54, 1.807) is 7.11 Å². The van der Waals surface area contributed by atoms with E-state index >= 15 is 0 Å². The number of phenols is 1. The summed E-state index contributed by atoms with van der Waals surface area (Å²) in [6, 6.07) is 14.5. The molecule has 2 aromatic rings. The van der Waals surface area contributed by atoms with E-state index in [0.29, 0.717) is 24.2 Å². The van der Waals surface area contributed by atoms with E-state index in [2.05, 4.69) is 48.3 Å². The Kier molecular flexibility index (Phi) is 7.88. The average molecular weight is 477 g/mol. The zero-order chi connectivity index (χ0) is 25.0. The quantitative estimate of drug-likeness (QED) is 0.519. The number of hydrogen-bond donors (Lipinski definition) is 2. The number of methoxy groups -OCH3 is 1. The van der Waals surface area contributed by atoms with Gasteiger partial charge in [-0.25, -0.2) is 0 Å². The molecule has 0 heterocycles. The number of ether oxygens (including phenoxy) is 2. The number of nitrogens with zero attached hydrogens (tertiary/aromatic N) is 1. The Morgan fingerprint density at radius 3 is 2.57 bits per heavy atom. The van der Waals surface area contributed by atoms with Crippen molar-refractivity contribution in [3.05, 3.63) is 83.1 Å². The third-order valence-electron chi connectivity index (χ3n) is 7.20. The van der Waals surface area contributed by atoms with Crippen molar-refractivity contribution in [1.29, 1.82) is 0 Å². The van der Waals surface area contributed by atoms with Crippen LogP contribution in [0.1, 0.15) is 43.9 Å². The van der Waals surface area contributed by atoms with Crippen LogP contribution in [0, 0.1) is 11.8 Å². The van der Waals surface area contributed by atoms with Gasteiger partial charge in [0.1, 0.15) is 23.9 Å². The van der Waals surface area contributed by atoms with Crippen LogP contribution < -0.4 is 10.5 Å². The molecule has 3 N–H and O–H groups in total. The van der Waals surface area contributed by atoms with E-state index in [1.807, 2.05) is 38.1 Å². The number of hydrogen-bond acceptors (Lipinski definition) is 5. The molecule has 0 radical (unpaired) electrons. The van der Waals surface area contributed by atoms with Crippen molar-refractivity contribution < 1.29 is 14.6 Å². The van der Waals surface area contributed by atoms with Gasteiger partial charge in [-0.1, -0.05) is 31.2 Å². The van der Waals surface area contributed by atoms with Crippen LogP contribution >= 0.6 is 0 Å². The summed E-state index contributed by atoms with van der Waals surface area (Å²) in [5.74, 6) is 3.10. The number of allylic oxidation sites excluding steroid dienone is 1. The summed E-state index contributed by atoms with van der Waals surface area (Å²) in [6.07, 6.45) is 9.96. The van der Waals surface area contributed by atoms with Crippen molar-refractivity contribution in [2.24, 2.45) is 17.6 Å². The molecule has 0 fully saturated rings. The largest absolute Gasteiger partial charge is 0.508 e. The van der Waals surface area contributed by atoms with Crippen LogP contribution in [0.15, 0.2) is 66.5 Å². The number of phenolic OH excluding ortho intramolecular Hbond substituents is 1. The Balaban J connectivity index is 1.49. The first-order valence-corrected chi connectivity index (χ1v) is 12.7. The molecule has 2 aliphatic carbocycles. The van der Waals surface area contributed by atoms with E-state index in [4.69, 9.17) is 15.2 Å². The van der Waals surface area contributed by atoms with Gasteiger partial charge in [0, 0.05) is 18.1 Å². The van der Waals surface area contributed by atoms with Crippen LogP contribution in [-0.2, 0) is 24.1 Å². The Labute approximate surface area is 210 Å². The van der Waals surface area contributed by atoms with Gasteiger partial charge in [-0.15, -0.1) is 0 Å². The number of likely N-dealkylation sites (N-methyl/N-ethyl adjacent to an activating group) is 1. The van der Waals surface area contributed by atoms with Crippen molar-refractivity contribution in [1.82, 2.24) is 4.90 Å². The first-order valence-electron chi connectivity index (χ1n) is 12.7. The molecule has 0 aromatic heterocycles. The second kappa shape index (κ2) is 10.9. The van der Waals surface area contributed by atoms with Crippen molar-refractivity contribution >= 4 is 0 Å². The van der Waals surface area contributed by atoms with Gasteiger partial charge in [0.15, 0.2) is 0 Å². The van der Waals surface area contributed by atoms with Crippen molar-refractivity contribution in [3.63, 3.8) is 0 Å². The van der Waals surface area contributed by atoms with Crippen LogP contribution in [0.5, 0.6) is 11.5 Å². The van der Waals surface area contributed by atoms with Gasteiger partial charge in [0.25, 0.3) is 0 Å². The fourth-order valence-corrected chi connectivity index (χ4v) is 5.30. The highest BCUT2D eigenvalue weighted by Crippen LogP contribution is 2.38. The molecule has 0 aliphatic heterocycles. The summed E-state index contributed by atoms with van der Waals surface area (Å²) in [6.45, 7) is 8.45. The minimum atomic E-state index is -0.355. The number of fused-ring (bicyclic) bond motifs is 1. The van der Waals surface area contributed by atoms with Crippen LogP contribution in [0.3, 0.4) is 0 Å². The second-order valence-corrected chi connectivity index (χ2v) is 10.6. The molecule has 2 unspecified atom stereocenters. The van der Waals surface area contributed by atoms with Gasteiger partial charge in [-0.2, -0.15) is 0 Å². The lowest BCUT2D eigenvalue weighted by Crippen LogP contribution is -2.43. The first-order chi connectivity index (χ1) is 16.8. The molecule has 2 aliphatic rings. The Hall–Kier alpha value is -2.76. The fourth-order valence-electron chi connectivity index (χ4n) is 5.30. The molecule has 4 rings (SSSR count). The SMILES string of the molecule is CCN(Cc1ccc(OCC(C)(C)N)cc1)C1C=C(OC)C=CC1[C@@H]1CCc2cc(O)ccc2C1. The Morgan fingerprint density at radius 1 is 1.11 bits per heavy atom. The lowest BCUT2D eigenvalue weighted by molar-refractivity contribution is 0.147. The van der Waals surface area contributed by atoms with E-state index in [-0.39, 0.29) is 11.6 Å². The number of benzene rings is 2. The van der Waals surface area contributed by atoms with Gasteiger partial charge in [-0.05, 0) is 105 Å². The predicted octanol–water partition coefficient (Wildman–Crippen LogP) is 5.22. The summed E-state index contributed by atoms with van der Waals surface area (Å²) in [4.78, 5) is 2.54. The topological polar surface area (TPSA) is 68.0 Å². The summed E-state index contributed by atoms with van der Waals surface area (Å²) in [5.41, 5.74) is 9.61. The maximum absolute atomic E-state index is 9.88. The molecule has 0 spiro atoms. The molecule has 0 saturated heterocycles. The van der Waals surface area contributed by atoms with Crippen LogP contribution in [0.25, 0.3) is 0 Å². The fraction of sp³-hybridized carbons (Fsp3) is 0.467. The average Bonchev–Trinajstić information content (AvgIpc) is 2.85. The molecule has 5 heteroatoms. The molecular weight excluding hydrogens is 436 g/mol. The molecule has 5 nitrogen and oxygen atoms in total. The number of nitrogens with two attached hydrogens (primary N) is 1. The second-order valence-electron chi connectivity index (χ2n) is 10.6. The van der Waals surface area contributed by atoms with Gasteiger partial charge >= 0.3 is 0 Å².